The molecule has 0 aromatic carbocycles. The molecule has 2 heterocycles. The van der Waals surface area contributed by atoms with Crippen molar-refractivity contribution < 1.29 is 9.53 Å². The summed E-state index contributed by atoms with van der Waals surface area (Å²) >= 11 is 0. The van der Waals surface area contributed by atoms with Gasteiger partial charge < -0.3 is 15.0 Å². The number of hydrogen-bond donors (Lipinski definition) is 2. The zero-order valence-corrected chi connectivity index (χ0v) is 12.0. The summed E-state index contributed by atoms with van der Waals surface area (Å²) in [6.07, 6.45) is 3.52. The predicted molar refractivity (Wildman–Crippen MR) is 74.8 cm³/mol. The SMILES string of the molecule is CC(C)(C)[C@H]1OCC[C@@H]1CNC(=O)Cc1ccc[nH]1. The maximum Gasteiger partial charge on any atom is 0.225 e. The molecule has 19 heavy (non-hydrogen) atoms. The van der Waals surface area contributed by atoms with Crippen molar-refractivity contribution in [2.24, 2.45) is 11.3 Å². The summed E-state index contributed by atoms with van der Waals surface area (Å²) in [5.74, 6) is 0.495. The minimum Gasteiger partial charge on any atom is -0.377 e. The van der Waals surface area contributed by atoms with Gasteiger partial charge in [-0.15, -0.1) is 0 Å². The molecule has 0 spiro atoms. The lowest BCUT2D eigenvalue weighted by molar-refractivity contribution is -0.120. The van der Waals surface area contributed by atoms with Crippen molar-refractivity contribution in [1.82, 2.24) is 10.3 Å². The molecule has 0 radical (unpaired) electrons. The summed E-state index contributed by atoms with van der Waals surface area (Å²) in [6.45, 7) is 8.09. The number of H-pyrrole nitrogens is 1. The van der Waals surface area contributed by atoms with Crippen LogP contribution < -0.4 is 5.32 Å². The van der Waals surface area contributed by atoms with Gasteiger partial charge in [-0.2, -0.15) is 0 Å². The van der Waals surface area contributed by atoms with Crippen LogP contribution in [0.2, 0.25) is 0 Å². The first-order valence-corrected chi connectivity index (χ1v) is 6.97. The van der Waals surface area contributed by atoms with E-state index < -0.39 is 0 Å². The highest BCUT2D eigenvalue weighted by Crippen LogP contribution is 2.34. The Hall–Kier alpha value is -1.29. The fourth-order valence-electron chi connectivity index (χ4n) is 2.76. The van der Waals surface area contributed by atoms with Crippen molar-refractivity contribution in [3.05, 3.63) is 24.0 Å². The quantitative estimate of drug-likeness (QED) is 0.875. The molecule has 1 amide bonds. The third-order valence-electron chi connectivity index (χ3n) is 3.64. The summed E-state index contributed by atoms with van der Waals surface area (Å²) < 4.78 is 5.81. The summed E-state index contributed by atoms with van der Waals surface area (Å²) in [5.41, 5.74) is 1.08. The van der Waals surface area contributed by atoms with Crippen LogP contribution in [0.5, 0.6) is 0 Å². The van der Waals surface area contributed by atoms with E-state index in [4.69, 9.17) is 4.74 Å². The molecule has 106 valence electrons. The Morgan fingerprint density at radius 1 is 1.53 bits per heavy atom. The van der Waals surface area contributed by atoms with E-state index in [0.29, 0.717) is 18.9 Å². The number of aromatic amines is 1. The third kappa shape index (κ3) is 3.83. The molecule has 1 fully saturated rings. The lowest BCUT2D eigenvalue weighted by Crippen LogP contribution is -2.39. The number of amides is 1. The molecule has 1 saturated heterocycles. The highest BCUT2D eigenvalue weighted by molar-refractivity contribution is 5.78. The van der Waals surface area contributed by atoms with E-state index in [0.717, 1.165) is 18.7 Å². The Morgan fingerprint density at radius 2 is 2.32 bits per heavy atom. The average molecular weight is 264 g/mol. The number of ether oxygens (including phenoxy) is 1. The second kappa shape index (κ2) is 5.78. The van der Waals surface area contributed by atoms with Gasteiger partial charge in [0.05, 0.1) is 12.5 Å². The fraction of sp³-hybridized carbons (Fsp3) is 0.667. The third-order valence-corrected chi connectivity index (χ3v) is 3.64. The van der Waals surface area contributed by atoms with Crippen LogP contribution in [0.4, 0.5) is 0 Å². The number of carbonyl (C=O) groups is 1. The Balaban J connectivity index is 1.80. The number of carbonyl (C=O) groups excluding carboxylic acids is 1. The molecule has 4 nitrogen and oxygen atoms in total. The maximum atomic E-state index is 11.9. The van der Waals surface area contributed by atoms with Gasteiger partial charge in [0.15, 0.2) is 0 Å². The summed E-state index contributed by atoms with van der Waals surface area (Å²) in [6, 6.07) is 3.83. The predicted octanol–water partition coefficient (Wildman–Crippen LogP) is 2.12. The maximum absolute atomic E-state index is 11.9. The summed E-state index contributed by atoms with van der Waals surface area (Å²) in [5, 5.41) is 3.03. The van der Waals surface area contributed by atoms with Crippen LogP contribution in [-0.2, 0) is 16.0 Å². The van der Waals surface area contributed by atoms with Gasteiger partial charge in [-0.25, -0.2) is 0 Å². The molecule has 1 aromatic heterocycles. The van der Waals surface area contributed by atoms with Crippen molar-refractivity contribution in [1.29, 1.82) is 0 Å². The number of rotatable bonds is 4. The van der Waals surface area contributed by atoms with Crippen molar-refractivity contribution in [2.45, 2.75) is 39.7 Å². The van der Waals surface area contributed by atoms with E-state index in [9.17, 15) is 4.79 Å². The molecular weight excluding hydrogens is 240 g/mol. The van der Waals surface area contributed by atoms with Gasteiger partial charge in [0.2, 0.25) is 5.91 Å². The van der Waals surface area contributed by atoms with Gasteiger partial charge in [-0.3, -0.25) is 4.79 Å². The van der Waals surface area contributed by atoms with Gasteiger partial charge in [0.1, 0.15) is 0 Å². The van der Waals surface area contributed by atoms with Gasteiger partial charge in [0.25, 0.3) is 0 Å². The molecule has 4 heteroatoms. The van der Waals surface area contributed by atoms with Crippen LogP contribution >= 0.6 is 0 Å². The minimum absolute atomic E-state index is 0.0713. The van der Waals surface area contributed by atoms with E-state index in [-0.39, 0.29) is 17.4 Å². The first kappa shape index (κ1) is 14.1. The average Bonchev–Trinajstić information content (AvgIpc) is 2.95. The smallest absolute Gasteiger partial charge is 0.225 e. The Bertz CT molecular complexity index is 406. The van der Waals surface area contributed by atoms with Crippen molar-refractivity contribution in [2.75, 3.05) is 13.2 Å². The highest BCUT2D eigenvalue weighted by atomic mass is 16.5. The normalized spacial score (nSPS) is 23.5. The molecule has 1 aliphatic rings. The molecule has 2 rings (SSSR count). The zero-order valence-electron chi connectivity index (χ0n) is 12.0. The first-order valence-electron chi connectivity index (χ1n) is 6.97. The largest absolute Gasteiger partial charge is 0.377 e. The Kier molecular flexibility index (Phi) is 4.30. The van der Waals surface area contributed by atoms with Crippen LogP contribution in [0, 0.1) is 11.3 Å². The highest BCUT2D eigenvalue weighted by Gasteiger charge is 2.37. The monoisotopic (exact) mass is 264 g/mol. The van der Waals surface area contributed by atoms with E-state index in [1.807, 2.05) is 18.3 Å². The standard InChI is InChI=1S/C15H24N2O2/c1-15(2,3)14-11(6-8-19-14)10-17-13(18)9-12-5-4-7-16-12/h4-5,7,11,14,16H,6,8-10H2,1-3H3,(H,17,18)/t11-,14+/m1/s1. The summed E-state index contributed by atoms with van der Waals surface area (Å²) in [7, 11) is 0. The van der Waals surface area contributed by atoms with E-state index >= 15 is 0 Å². The Labute approximate surface area is 114 Å². The van der Waals surface area contributed by atoms with Gasteiger partial charge >= 0.3 is 0 Å². The zero-order chi connectivity index (χ0) is 13.9. The second-order valence-corrected chi connectivity index (χ2v) is 6.38. The lowest BCUT2D eigenvalue weighted by atomic mass is 9.81. The molecule has 0 unspecified atom stereocenters. The molecule has 0 bridgehead atoms. The van der Waals surface area contributed by atoms with Crippen molar-refractivity contribution in [3.8, 4) is 0 Å². The Morgan fingerprint density at radius 3 is 2.95 bits per heavy atom. The van der Waals surface area contributed by atoms with Crippen LogP contribution in [0.25, 0.3) is 0 Å². The number of aromatic nitrogens is 1. The number of hydrogen-bond acceptors (Lipinski definition) is 2. The topological polar surface area (TPSA) is 54.1 Å². The molecule has 1 aromatic rings. The molecule has 2 N–H and O–H groups in total. The van der Waals surface area contributed by atoms with E-state index in [2.05, 4.69) is 31.1 Å². The fourth-order valence-corrected chi connectivity index (χ4v) is 2.76. The minimum atomic E-state index is 0.0713. The van der Waals surface area contributed by atoms with E-state index in [1.165, 1.54) is 0 Å². The van der Waals surface area contributed by atoms with Gasteiger partial charge in [0, 0.05) is 31.0 Å². The van der Waals surface area contributed by atoms with Crippen molar-refractivity contribution in [3.63, 3.8) is 0 Å². The summed E-state index contributed by atoms with van der Waals surface area (Å²) in [4.78, 5) is 14.9. The van der Waals surface area contributed by atoms with Crippen molar-refractivity contribution >= 4 is 5.91 Å². The lowest BCUT2D eigenvalue weighted by Gasteiger charge is -2.31. The molecular formula is C15H24N2O2. The number of nitrogens with one attached hydrogen (secondary N) is 2. The second-order valence-electron chi connectivity index (χ2n) is 6.38. The van der Waals surface area contributed by atoms with Gasteiger partial charge in [-0.05, 0) is 24.0 Å². The first-order chi connectivity index (χ1) is 8.97. The van der Waals surface area contributed by atoms with Crippen LogP contribution in [-0.4, -0.2) is 30.1 Å². The molecule has 0 saturated carbocycles. The molecule has 2 atom stereocenters. The molecule has 0 aliphatic carbocycles. The van der Waals surface area contributed by atoms with Gasteiger partial charge in [-0.1, -0.05) is 20.8 Å². The van der Waals surface area contributed by atoms with Crippen LogP contribution in [0.3, 0.4) is 0 Å². The molecule has 1 aliphatic heterocycles. The van der Waals surface area contributed by atoms with Crippen LogP contribution in [0.15, 0.2) is 18.3 Å². The van der Waals surface area contributed by atoms with Crippen LogP contribution in [0.1, 0.15) is 32.9 Å². The van der Waals surface area contributed by atoms with E-state index in [1.54, 1.807) is 0 Å².